The van der Waals surface area contributed by atoms with E-state index in [1.54, 1.807) is 31.3 Å². The third kappa shape index (κ3) is 4.47. The molecule has 0 saturated carbocycles. The van der Waals surface area contributed by atoms with Gasteiger partial charge in [0.25, 0.3) is 11.5 Å². The van der Waals surface area contributed by atoms with E-state index in [1.165, 1.54) is 10.6 Å². The van der Waals surface area contributed by atoms with Crippen molar-refractivity contribution in [2.75, 3.05) is 0 Å². The van der Waals surface area contributed by atoms with Gasteiger partial charge in [0, 0.05) is 18.5 Å². The lowest BCUT2D eigenvalue weighted by atomic mass is 9.88. The topological polar surface area (TPSA) is 88.4 Å². The van der Waals surface area contributed by atoms with Gasteiger partial charge in [0.15, 0.2) is 0 Å². The first-order valence-electron chi connectivity index (χ1n) is 8.22. The Morgan fingerprint density at radius 2 is 1.88 bits per heavy atom. The molecular weight excluding hydrogens is 320 g/mol. The number of carboxylic acid groups (broad SMARTS) is 1. The van der Waals surface area contributed by atoms with Crippen molar-refractivity contribution in [3.05, 3.63) is 46.2 Å². The summed E-state index contributed by atoms with van der Waals surface area (Å²) in [7, 11) is 1.63. The van der Waals surface area contributed by atoms with E-state index in [2.05, 4.69) is 5.32 Å². The Labute approximate surface area is 146 Å². The maximum absolute atomic E-state index is 12.6. The summed E-state index contributed by atoms with van der Waals surface area (Å²) in [6.07, 6.45) is 0.981. The molecule has 1 atom stereocenters. The largest absolute Gasteiger partial charge is 0.480 e. The third-order valence-corrected chi connectivity index (χ3v) is 4.19. The Balaban J connectivity index is 2.34. The van der Waals surface area contributed by atoms with Crippen molar-refractivity contribution in [1.82, 2.24) is 9.88 Å². The van der Waals surface area contributed by atoms with Crippen LogP contribution in [0, 0.1) is 5.41 Å². The molecule has 1 aromatic carbocycles. The molecule has 0 fully saturated rings. The average Bonchev–Trinajstić information content (AvgIpc) is 2.53. The number of aliphatic carboxylic acids is 1. The number of pyridine rings is 1. The zero-order valence-corrected chi connectivity index (χ0v) is 15.0. The van der Waals surface area contributed by atoms with Crippen molar-refractivity contribution >= 4 is 22.8 Å². The number of rotatable bonds is 5. The number of nitrogens with zero attached hydrogens (tertiary/aromatic N) is 1. The van der Waals surface area contributed by atoms with Gasteiger partial charge in [0.2, 0.25) is 0 Å². The summed E-state index contributed by atoms with van der Waals surface area (Å²) in [6, 6.07) is 7.32. The molecule has 0 aliphatic rings. The van der Waals surface area contributed by atoms with Crippen molar-refractivity contribution < 1.29 is 14.7 Å². The lowest BCUT2D eigenvalue weighted by Gasteiger charge is -2.22. The normalized spacial score (nSPS) is 12.8. The van der Waals surface area contributed by atoms with Crippen LogP contribution >= 0.6 is 0 Å². The first-order chi connectivity index (χ1) is 11.6. The molecule has 2 N–H and O–H groups in total. The first-order valence-corrected chi connectivity index (χ1v) is 8.22. The number of amides is 1. The molecule has 0 bridgehead atoms. The molecule has 6 heteroatoms. The SMILES string of the molecule is Cn1c(=O)cc(C(=O)NC(CCC(C)(C)C)C(=O)O)c2ccccc21. The fraction of sp³-hybridized carbons (Fsp3) is 0.421. The zero-order valence-electron chi connectivity index (χ0n) is 15.0. The van der Waals surface area contributed by atoms with E-state index in [0.29, 0.717) is 23.7 Å². The van der Waals surface area contributed by atoms with E-state index < -0.39 is 17.9 Å². The number of fused-ring (bicyclic) bond motifs is 1. The van der Waals surface area contributed by atoms with E-state index in [-0.39, 0.29) is 16.5 Å². The van der Waals surface area contributed by atoms with Crippen LogP contribution in [0.4, 0.5) is 0 Å². The second-order valence-electron chi connectivity index (χ2n) is 7.44. The number of carbonyl (C=O) groups excluding carboxylic acids is 1. The predicted octanol–water partition coefficient (Wildman–Crippen LogP) is 2.55. The van der Waals surface area contributed by atoms with Gasteiger partial charge in [-0.05, 0) is 24.3 Å². The molecule has 0 radical (unpaired) electrons. The highest BCUT2D eigenvalue weighted by Gasteiger charge is 2.24. The summed E-state index contributed by atoms with van der Waals surface area (Å²) < 4.78 is 1.46. The van der Waals surface area contributed by atoms with Gasteiger partial charge in [-0.3, -0.25) is 9.59 Å². The molecule has 1 aromatic heterocycles. The summed E-state index contributed by atoms with van der Waals surface area (Å²) in [5, 5.41) is 12.6. The number of aromatic nitrogens is 1. The van der Waals surface area contributed by atoms with E-state index in [0.717, 1.165) is 0 Å². The van der Waals surface area contributed by atoms with Crippen molar-refractivity contribution in [3.8, 4) is 0 Å². The van der Waals surface area contributed by atoms with Gasteiger partial charge >= 0.3 is 5.97 Å². The van der Waals surface area contributed by atoms with Gasteiger partial charge in [-0.2, -0.15) is 0 Å². The molecule has 1 amide bonds. The van der Waals surface area contributed by atoms with Gasteiger partial charge < -0.3 is 15.0 Å². The van der Waals surface area contributed by atoms with Crippen LogP contribution in [0.15, 0.2) is 35.1 Å². The summed E-state index contributed by atoms with van der Waals surface area (Å²) in [6.45, 7) is 6.05. The molecule has 1 unspecified atom stereocenters. The number of aryl methyl sites for hydroxylation is 1. The van der Waals surface area contributed by atoms with E-state index in [1.807, 2.05) is 20.8 Å². The quantitative estimate of drug-likeness (QED) is 0.872. The first kappa shape index (κ1) is 18.7. The molecule has 2 aromatic rings. The number of nitrogens with one attached hydrogen (secondary N) is 1. The van der Waals surface area contributed by atoms with Crippen LogP contribution in [0.5, 0.6) is 0 Å². The Morgan fingerprint density at radius 1 is 1.24 bits per heavy atom. The fourth-order valence-corrected chi connectivity index (χ4v) is 2.67. The van der Waals surface area contributed by atoms with Crippen LogP contribution in [0.25, 0.3) is 10.9 Å². The molecule has 0 spiro atoms. The third-order valence-electron chi connectivity index (χ3n) is 4.19. The predicted molar refractivity (Wildman–Crippen MR) is 96.8 cm³/mol. The molecule has 1 heterocycles. The highest BCUT2D eigenvalue weighted by Crippen LogP contribution is 2.22. The molecule has 0 aliphatic carbocycles. The minimum Gasteiger partial charge on any atom is -0.480 e. The maximum atomic E-state index is 12.6. The van der Waals surface area contributed by atoms with Crippen LogP contribution in [0.3, 0.4) is 0 Å². The zero-order chi connectivity index (χ0) is 18.8. The smallest absolute Gasteiger partial charge is 0.326 e. The van der Waals surface area contributed by atoms with Gasteiger partial charge in [-0.15, -0.1) is 0 Å². The Morgan fingerprint density at radius 3 is 2.48 bits per heavy atom. The van der Waals surface area contributed by atoms with Crippen LogP contribution in [-0.2, 0) is 11.8 Å². The minimum atomic E-state index is -1.08. The number of benzene rings is 1. The second-order valence-corrected chi connectivity index (χ2v) is 7.44. The number of hydrogen-bond acceptors (Lipinski definition) is 3. The molecule has 6 nitrogen and oxygen atoms in total. The van der Waals surface area contributed by atoms with E-state index in [9.17, 15) is 19.5 Å². The van der Waals surface area contributed by atoms with Crippen LogP contribution in [0.1, 0.15) is 44.0 Å². The van der Waals surface area contributed by atoms with Crippen molar-refractivity contribution in [3.63, 3.8) is 0 Å². The molecule has 134 valence electrons. The number of para-hydroxylation sites is 1. The van der Waals surface area contributed by atoms with Crippen LogP contribution < -0.4 is 10.9 Å². The standard InChI is InChI=1S/C19H24N2O4/c1-19(2,3)10-9-14(18(24)25)20-17(23)13-11-16(22)21(4)15-8-6-5-7-12(13)15/h5-8,11,14H,9-10H2,1-4H3,(H,20,23)(H,24,25). The summed E-state index contributed by atoms with van der Waals surface area (Å²) in [4.78, 5) is 36.2. The van der Waals surface area contributed by atoms with E-state index >= 15 is 0 Å². The lowest BCUT2D eigenvalue weighted by molar-refractivity contribution is -0.139. The fourth-order valence-electron chi connectivity index (χ4n) is 2.67. The molecule has 0 aliphatic heterocycles. The summed E-state index contributed by atoms with van der Waals surface area (Å²) in [5.41, 5.74) is 0.473. The minimum absolute atomic E-state index is 0.0339. The highest BCUT2D eigenvalue weighted by molar-refractivity contribution is 6.07. The summed E-state index contributed by atoms with van der Waals surface area (Å²) in [5.74, 6) is -1.62. The van der Waals surface area contributed by atoms with Crippen LogP contribution in [-0.4, -0.2) is 27.6 Å². The monoisotopic (exact) mass is 344 g/mol. The van der Waals surface area contributed by atoms with E-state index in [4.69, 9.17) is 0 Å². The van der Waals surface area contributed by atoms with Crippen LogP contribution in [0.2, 0.25) is 0 Å². The van der Waals surface area contributed by atoms with Crippen molar-refractivity contribution in [2.45, 2.75) is 39.7 Å². The highest BCUT2D eigenvalue weighted by atomic mass is 16.4. The number of carboxylic acids is 1. The van der Waals surface area contributed by atoms with Crippen molar-refractivity contribution in [1.29, 1.82) is 0 Å². The molecular formula is C19H24N2O4. The number of carbonyl (C=O) groups is 2. The van der Waals surface area contributed by atoms with Gasteiger partial charge in [-0.25, -0.2) is 4.79 Å². The Bertz CT molecular complexity index is 862. The van der Waals surface area contributed by atoms with Crippen molar-refractivity contribution in [2.24, 2.45) is 12.5 Å². The Hall–Kier alpha value is -2.63. The average molecular weight is 344 g/mol. The maximum Gasteiger partial charge on any atom is 0.326 e. The van der Waals surface area contributed by atoms with Gasteiger partial charge in [0.05, 0.1) is 11.1 Å². The number of hydrogen-bond donors (Lipinski definition) is 2. The summed E-state index contributed by atoms with van der Waals surface area (Å²) >= 11 is 0. The van der Waals surface area contributed by atoms with Gasteiger partial charge in [0.1, 0.15) is 6.04 Å². The molecule has 2 rings (SSSR count). The van der Waals surface area contributed by atoms with Gasteiger partial charge in [-0.1, -0.05) is 39.0 Å². The second kappa shape index (κ2) is 7.09. The molecule has 0 saturated heterocycles. The lowest BCUT2D eigenvalue weighted by Crippen LogP contribution is -2.41. The Kier molecular flexibility index (Phi) is 5.30. The molecule has 25 heavy (non-hydrogen) atoms.